The number of carbonyl (C=O) groups excluding carboxylic acids is 1. The summed E-state index contributed by atoms with van der Waals surface area (Å²) in [4.78, 5) is 26.5. The zero-order chi connectivity index (χ0) is 17.1. The van der Waals surface area contributed by atoms with Crippen molar-refractivity contribution in [2.75, 3.05) is 4.90 Å². The van der Waals surface area contributed by atoms with Crippen molar-refractivity contribution in [3.8, 4) is 0 Å². The highest BCUT2D eigenvalue weighted by molar-refractivity contribution is 6.31. The zero-order valence-corrected chi connectivity index (χ0v) is 13.5. The molecule has 1 spiro atoms. The zero-order valence-electron chi connectivity index (χ0n) is 12.8. The SMILES string of the molecule is C=CC[C@H]1N(c2cccc(Cl)c2)C(=O)[C@H]2[C@@H](C(=O)O)[C@@H]3C=C[C@]21O3. The van der Waals surface area contributed by atoms with Gasteiger partial charge in [0.1, 0.15) is 11.5 Å². The van der Waals surface area contributed by atoms with Crippen molar-refractivity contribution >= 4 is 29.2 Å². The van der Waals surface area contributed by atoms with E-state index in [4.69, 9.17) is 16.3 Å². The van der Waals surface area contributed by atoms with Crippen LogP contribution in [0.3, 0.4) is 0 Å². The number of fused-ring (bicyclic) bond motifs is 1. The van der Waals surface area contributed by atoms with E-state index in [1.165, 1.54) is 0 Å². The van der Waals surface area contributed by atoms with Gasteiger partial charge in [0.2, 0.25) is 5.91 Å². The molecule has 1 aromatic rings. The molecule has 0 unspecified atom stereocenters. The summed E-state index contributed by atoms with van der Waals surface area (Å²) in [6.45, 7) is 3.78. The smallest absolute Gasteiger partial charge is 0.310 e. The number of rotatable bonds is 4. The first-order valence-electron chi connectivity index (χ1n) is 7.79. The van der Waals surface area contributed by atoms with Crippen LogP contribution >= 0.6 is 11.6 Å². The van der Waals surface area contributed by atoms with Crippen molar-refractivity contribution < 1.29 is 19.4 Å². The molecule has 2 bridgehead atoms. The molecule has 6 heteroatoms. The topological polar surface area (TPSA) is 66.8 Å². The van der Waals surface area contributed by atoms with Crippen LogP contribution in [0.5, 0.6) is 0 Å². The van der Waals surface area contributed by atoms with E-state index in [1.807, 2.05) is 6.08 Å². The fraction of sp³-hybridized carbons (Fsp3) is 0.333. The lowest BCUT2D eigenvalue weighted by Crippen LogP contribution is -2.45. The molecular formula is C18H16ClNO4. The quantitative estimate of drug-likeness (QED) is 0.852. The molecule has 3 aliphatic rings. The Kier molecular flexibility index (Phi) is 3.34. The molecule has 3 heterocycles. The highest BCUT2D eigenvalue weighted by Gasteiger charge is 2.71. The number of anilines is 1. The molecule has 0 aromatic heterocycles. The van der Waals surface area contributed by atoms with E-state index in [0.29, 0.717) is 17.1 Å². The van der Waals surface area contributed by atoms with E-state index in [1.54, 1.807) is 41.3 Å². The predicted octanol–water partition coefficient (Wildman–Crippen LogP) is 2.66. The number of carboxylic acids is 1. The maximum Gasteiger partial charge on any atom is 0.310 e. The van der Waals surface area contributed by atoms with Crippen molar-refractivity contribution in [1.82, 2.24) is 0 Å². The minimum atomic E-state index is -1.00. The number of amides is 1. The Labute approximate surface area is 144 Å². The third-order valence-electron chi connectivity index (χ3n) is 5.18. The van der Waals surface area contributed by atoms with Crippen LogP contribution in [0.25, 0.3) is 0 Å². The van der Waals surface area contributed by atoms with Crippen molar-refractivity contribution in [2.24, 2.45) is 11.8 Å². The third kappa shape index (κ3) is 1.85. The van der Waals surface area contributed by atoms with E-state index >= 15 is 0 Å². The molecule has 2 fully saturated rings. The first kappa shape index (κ1) is 15.4. The van der Waals surface area contributed by atoms with Gasteiger partial charge in [0.15, 0.2) is 0 Å². The molecule has 4 rings (SSSR count). The molecule has 5 atom stereocenters. The number of ether oxygens (including phenoxy) is 1. The van der Waals surface area contributed by atoms with Gasteiger partial charge in [0, 0.05) is 10.7 Å². The average Bonchev–Trinajstić information content (AvgIpc) is 3.17. The second kappa shape index (κ2) is 5.19. The first-order valence-corrected chi connectivity index (χ1v) is 8.17. The Morgan fingerprint density at radius 2 is 2.29 bits per heavy atom. The summed E-state index contributed by atoms with van der Waals surface area (Å²) in [5, 5.41) is 10.1. The Morgan fingerprint density at radius 1 is 1.50 bits per heavy atom. The summed E-state index contributed by atoms with van der Waals surface area (Å²) in [5.41, 5.74) is -0.269. The van der Waals surface area contributed by atoms with Crippen LogP contribution in [-0.2, 0) is 14.3 Å². The fourth-order valence-corrected chi connectivity index (χ4v) is 4.50. The van der Waals surface area contributed by atoms with Gasteiger partial charge in [0.25, 0.3) is 0 Å². The van der Waals surface area contributed by atoms with Crippen LogP contribution < -0.4 is 4.90 Å². The number of halogens is 1. The second-order valence-electron chi connectivity index (χ2n) is 6.37. The Bertz CT molecular complexity index is 776. The standard InChI is InChI=1S/C18H16ClNO4/c1-2-4-13-18-8-7-12(24-18)14(17(22)23)15(18)16(21)20(13)11-6-3-5-10(19)9-11/h2-3,5-9,12-15H,1,4H2,(H,22,23)/t12-,13+,14-,15+,18+/m0/s1. The van der Waals surface area contributed by atoms with Crippen molar-refractivity contribution in [2.45, 2.75) is 24.2 Å². The maximum absolute atomic E-state index is 13.2. The number of benzene rings is 1. The molecule has 0 aliphatic carbocycles. The van der Waals surface area contributed by atoms with Crippen LogP contribution in [-0.4, -0.2) is 34.7 Å². The molecule has 3 aliphatic heterocycles. The van der Waals surface area contributed by atoms with Crippen molar-refractivity contribution in [3.63, 3.8) is 0 Å². The van der Waals surface area contributed by atoms with Crippen LogP contribution in [0.4, 0.5) is 5.69 Å². The Morgan fingerprint density at radius 3 is 2.96 bits per heavy atom. The number of aliphatic carboxylic acids is 1. The summed E-state index contributed by atoms with van der Waals surface area (Å²) >= 11 is 6.07. The summed E-state index contributed by atoms with van der Waals surface area (Å²) in [6, 6.07) is 6.67. The highest BCUT2D eigenvalue weighted by Crippen LogP contribution is 2.56. The second-order valence-corrected chi connectivity index (χ2v) is 6.80. The van der Waals surface area contributed by atoms with Gasteiger partial charge < -0.3 is 14.7 Å². The fourth-order valence-electron chi connectivity index (χ4n) is 4.31. The summed E-state index contributed by atoms with van der Waals surface area (Å²) in [7, 11) is 0. The molecule has 24 heavy (non-hydrogen) atoms. The highest BCUT2D eigenvalue weighted by atomic mass is 35.5. The van der Waals surface area contributed by atoms with Gasteiger partial charge in [-0.05, 0) is 24.6 Å². The van der Waals surface area contributed by atoms with E-state index < -0.39 is 29.5 Å². The molecule has 1 aromatic carbocycles. The molecule has 1 N–H and O–H groups in total. The molecule has 1 amide bonds. The number of carbonyl (C=O) groups is 2. The van der Waals surface area contributed by atoms with E-state index in [-0.39, 0.29) is 11.9 Å². The summed E-state index contributed by atoms with van der Waals surface area (Å²) < 4.78 is 6.04. The Balaban J connectivity index is 1.85. The lowest BCUT2D eigenvalue weighted by molar-refractivity contribution is -0.146. The van der Waals surface area contributed by atoms with Crippen molar-refractivity contribution in [3.05, 3.63) is 54.1 Å². The van der Waals surface area contributed by atoms with Crippen LogP contribution in [0.1, 0.15) is 6.42 Å². The molecule has 124 valence electrons. The van der Waals surface area contributed by atoms with Crippen LogP contribution in [0.15, 0.2) is 49.1 Å². The molecule has 0 saturated carbocycles. The molecule has 5 nitrogen and oxygen atoms in total. The average molecular weight is 346 g/mol. The van der Waals surface area contributed by atoms with Crippen molar-refractivity contribution in [1.29, 1.82) is 0 Å². The minimum absolute atomic E-state index is 0.233. The Hall–Kier alpha value is -2.11. The number of carboxylic acid groups (broad SMARTS) is 1. The maximum atomic E-state index is 13.2. The van der Waals surface area contributed by atoms with Crippen LogP contribution in [0, 0.1) is 11.8 Å². The van der Waals surface area contributed by atoms with E-state index in [9.17, 15) is 14.7 Å². The predicted molar refractivity (Wildman–Crippen MR) is 88.9 cm³/mol. The van der Waals surface area contributed by atoms with E-state index in [2.05, 4.69) is 6.58 Å². The summed E-state index contributed by atoms with van der Waals surface area (Å²) in [5.74, 6) is -2.83. The number of hydrogen-bond donors (Lipinski definition) is 1. The van der Waals surface area contributed by atoms with Gasteiger partial charge in [-0.25, -0.2) is 0 Å². The largest absolute Gasteiger partial charge is 0.481 e. The minimum Gasteiger partial charge on any atom is -0.481 e. The summed E-state index contributed by atoms with van der Waals surface area (Å²) in [6.07, 6.45) is 5.30. The normalized spacial score (nSPS) is 36.2. The molecule has 0 radical (unpaired) electrons. The van der Waals surface area contributed by atoms with Gasteiger partial charge >= 0.3 is 5.97 Å². The lowest BCUT2D eigenvalue weighted by atomic mass is 9.74. The van der Waals surface area contributed by atoms with Gasteiger partial charge in [0.05, 0.1) is 18.1 Å². The first-order chi connectivity index (χ1) is 11.5. The lowest BCUT2D eigenvalue weighted by Gasteiger charge is -2.32. The van der Waals surface area contributed by atoms with Gasteiger partial charge in [-0.1, -0.05) is 35.9 Å². The number of hydrogen-bond acceptors (Lipinski definition) is 3. The molecule has 2 saturated heterocycles. The number of nitrogens with zero attached hydrogens (tertiary/aromatic N) is 1. The van der Waals surface area contributed by atoms with Gasteiger partial charge in [-0.2, -0.15) is 0 Å². The monoisotopic (exact) mass is 345 g/mol. The van der Waals surface area contributed by atoms with Gasteiger partial charge in [-0.15, -0.1) is 6.58 Å². The third-order valence-corrected chi connectivity index (χ3v) is 5.42. The van der Waals surface area contributed by atoms with Gasteiger partial charge in [-0.3, -0.25) is 9.59 Å². The van der Waals surface area contributed by atoms with E-state index in [0.717, 1.165) is 0 Å². The molecular weight excluding hydrogens is 330 g/mol. The van der Waals surface area contributed by atoms with Crippen LogP contribution in [0.2, 0.25) is 5.02 Å².